The molecule has 1 heterocycles. The zero-order chi connectivity index (χ0) is 21.6. The second-order valence-corrected chi connectivity index (χ2v) is 7.73. The van der Waals surface area contributed by atoms with Gasteiger partial charge in [0.1, 0.15) is 11.3 Å². The fourth-order valence-electron chi connectivity index (χ4n) is 3.15. The van der Waals surface area contributed by atoms with Crippen LogP contribution in [-0.2, 0) is 14.3 Å². The number of carbonyl (C=O) groups excluding carboxylic acids is 2. The van der Waals surface area contributed by atoms with Crippen LogP contribution in [0.4, 0.5) is 16.2 Å². The van der Waals surface area contributed by atoms with E-state index in [-0.39, 0.29) is 11.7 Å². The molecule has 9 nitrogen and oxygen atoms in total. The highest BCUT2D eigenvalue weighted by molar-refractivity contribution is 5.87. The van der Waals surface area contributed by atoms with Gasteiger partial charge in [-0.25, -0.2) is 9.59 Å². The van der Waals surface area contributed by atoms with Crippen LogP contribution in [0.15, 0.2) is 24.3 Å². The van der Waals surface area contributed by atoms with E-state index in [0.717, 1.165) is 12.8 Å². The molecule has 1 aliphatic rings. The summed E-state index contributed by atoms with van der Waals surface area (Å²) >= 11 is 0. The number of benzene rings is 1. The van der Waals surface area contributed by atoms with Crippen LogP contribution in [0.3, 0.4) is 0 Å². The van der Waals surface area contributed by atoms with E-state index < -0.39 is 22.6 Å². The molecule has 1 atom stereocenters. The molecule has 9 heteroatoms. The number of nitrogens with one attached hydrogen (secondary N) is 1. The zero-order valence-corrected chi connectivity index (χ0v) is 17.1. The van der Waals surface area contributed by atoms with Crippen LogP contribution in [0.2, 0.25) is 0 Å². The van der Waals surface area contributed by atoms with Crippen LogP contribution >= 0.6 is 0 Å². The molecule has 0 radical (unpaired) electrons. The van der Waals surface area contributed by atoms with Gasteiger partial charge in [-0.15, -0.1) is 0 Å². The van der Waals surface area contributed by atoms with Gasteiger partial charge in [0.2, 0.25) is 0 Å². The van der Waals surface area contributed by atoms with E-state index in [9.17, 15) is 19.7 Å². The first kappa shape index (κ1) is 22.2. The van der Waals surface area contributed by atoms with Crippen molar-refractivity contribution in [3.63, 3.8) is 0 Å². The van der Waals surface area contributed by atoms with Crippen LogP contribution in [-0.4, -0.2) is 48.8 Å². The normalized spacial score (nSPS) is 16.7. The number of nitro groups is 1. The summed E-state index contributed by atoms with van der Waals surface area (Å²) in [4.78, 5) is 36.3. The van der Waals surface area contributed by atoms with E-state index >= 15 is 0 Å². The zero-order valence-electron chi connectivity index (χ0n) is 17.1. The average molecular weight is 405 g/mol. The summed E-state index contributed by atoms with van der Waals surface area (Å²) in [7, 11) is 1.26. The van der Waals surface area contributed by atoms with Gasteiger partial charge in [-0.1, -0.05) is 6.07 Å². The predicted molar refractivity (Wildman–Crippen MR) is 109 cm³/mol. The minimum absolute atomic E-state index is 0.0545. The van der Waals surface area contributed by atoms with Crippen LogP contribution in [0.5, 0.6) is 0 Å². The summed E-state index contributed by atoms with van der Waals surface area (Å²) in [6.07, 6.45) is 3.83. The number of ether oxygens (including phenoxy) is 2. The largest absolute Gasteiger partial charge is 0.466 e. The lowest BCUT2D eigenvalue weighted by molar-refractivity contribution is -0.384. The second kappa shape index (κ2) is 9.40. The predicted octanol–water partition coefficient (Wildman–Crippen LogP) is 3.27. The third-order valence-electron chi connectivity index (χ3n) is 4.38. The van der Waals surface area contributed by atoms with Gasteiger partial charge in [0, 0.05) is 31.3 Å². The lowest BCUT2D eigenvalue weighted by atomic mass is 10.1. The van der Waals surface area contributed by atoms with Gasteiger partial charge in [-0.05, 0) is 51.3 Å². The van der Waals surface area contributed by atoms with Crippen LogP contribution in [0.1, 0.15) is 39.2 Å². The maximum atomic E-state index is 11.9. The molecule has 158 valence electrons. The van der Waals surface area contributed by atoms with Crippen LogP contribution < -0.4 is 10.2 Å². The number of esters is 1. The lowest BCUT2D eigenvalue weighted by Gasteiger charge is -2.27. The molecule has 2 rings (SSSR count). The number of nitrogens with zero attached hydrogens (tertiary/aromatic N) is 2. The molecule has 1 fully saturated rings. The lowest BCUT2D eigenvalue weighted by Crippen LogP contribution is -2.42. The molecule has 0 aliphatic carbocycles. The first-order valence-corrected chi connectivity index (χ1v) is 9.38. The maximum absolute atomic E-state index is 11.9. The number of amides is 1. The minimum atomic E-state index is -0.591. The molecule has 1 saturated heterocycles. The summed E-state index contributed by atoms with van der Waals surface area (Å²) in [5.74, 6) is -0.537. The van der Waals surface area contributed by atoms with Gasteiger partial charge >= 0.3 is 12.1 Å². The fourth-order valence-corrected chi connectivity index (χ4v) is 3.15. The van der Waals surface area contributed by atoms with Gasteiger partial charge in [0.05, 0.1) is 12.0 Å². The van der Waals surface area contributed by atoms with E-state index in [1.54, 1.807) is 32.9 Å². The van der Waals surface area contributed by atoms with Gasteiger partial charge in [-0.2, -0.15) is 0 Å². The summed E-state index contributed by atoms with van der Waals surface area (Å²) < 4.78 is 9.78. The Morgan fingerprint density at radius 1 is 1.38 bits per heavy atom. The quantitative estimate of drug-likeness (QED) is 0.335. The molecule has 0 bridgehead atoms. The Balaban J connectivity index is 2.16. The van der Waals surface area contributed by atoms with E-state index in [2.05, 4.69) is 10.1 Å². The highest BCUT2D eigenvalue weighted by Gasteiger charge is 2.30. The summed E-state index contributed by atoms with van der Waals surface area (Å²) in [5, 5.41) is 14.4. The molecule has 1 amide bonds. The number of anilines is 1. The average Bonchev–Trinajstić information content (AvgIpc) is 3.11. The number of hydrogen-bond acceptors (Lipinski definition) is 7. The maximum Gasteiger partial charge on any atom is 0.407 e. The Morgan fingerprint density at radius 3 is 2.72 bits per heavy atom. The number of hydrogen-bond donors (Lipinski definition) is 1. The van der Waals surface area contributed by atoms with E-state index in [1.807, 2.05) is 4.90 Å². The number of nitro benzene ring substituents is 1. The van der Waals surface area contributed by atoms with Crippen molar-refractivity contribution in [3.05, 3.63) is 40.0 Å². The summed E-state index contributed by atoms with van der Waals surface area (Å²) in [5.41, 5.74) is 0.361. The van der Waals surface area contributed by atoms with Crippen LogP contribution in [0.25, 0.3) is 6.08 Å². The SMILES string of the molecule is COC(=O)/C=C\c1ccc(N2CCCC2CNC(=O)OC(C)(C)C)c([N+](=O)[O-])c1. The molecule has 0 aromatic heterocycles. The summed E-state index contributed by atoms with van der Waals surface area (Å²) in [6.45, 7) is 6.34. The molecule has 1 aromatic rings. The van der Waals surface area contributed by atoms with Crippen molar-refractivity contribution in [2.45, 2.75) is 45.3 Å². The highest BCUT2D eigenvalue weighted by Crippen LogP contribution is 2.34. The van der Waals surface area contributed by atoms with Crippen molar-refractivity contribution >= 4 is 29.5 Å². The smallest absolute Gasteiger partial charge is 0.407 e. The Bertz CT molecular complexity index is 800. The monoisotopic (exact) mass is 405 g/mol. The number of methoxy groups -OCH3 is 1. The Hall–Kier alpha value is -3.10. The van der Waals surface area contributed by atoms with Crippen LogP contribution in [0, 0.1) is 10.1 Å². The topological polar surface area (TPSA) is 111 Å². The van der Waals surface area contributed by atoms with Crippen molar-refractivity contribution in [3.8, 4) is 0 Å². The first-order chi connectivity index (χ1) is 13.6. The number of alkyl carbamates (subject to hydrolysis) is 1. The van der Waals surface area contributed by atoms with Gasteiger partial charge in [0.25, 0.3) is 5.69 Å². The van der Waals surface area contributed by atoms with Crippen molar-refractivity contribution in [1.29, 1.82) is 0 Å². The molecule has 0 saturated carbocycles. The molecular weight excluding hydrogens is 378 g/mol. The number of carbonyl (C=O) groups is 2. The van der Waals surface area contributed by atoms with Crippen molar-refractivity contribution in [2.75, 3.05) is 25.1 Å². The number of rotatable bonds is 6. The van der Waals surface area contributed by atoms with E-state index in [1.165, 1.54) is 25.3 Å². The molecule has 29 heavy (non-hydrogen) atoms. The molecule has 1 unspecified atom stereocenters. The van der Waals surface area contributed by atoms with Crippen molar-refractivity contribution in [1.82, 2.24) is 5.32 Å². The highest BCUT2D eigenvalue weighted by atomic mass is 16.6. The standard InChI is InChI=1S/C20H27N3O6/c1-20(2,3)29-19(25)21-13-15-6-5-11-22(15)16-9-7-14(8-10-18(24)28-4)12-17(16)23(26)27/h7-10,12,15H,5-6,11,13H2,1-4H3,(H,21,25)/b10-8-. The van der Waals surface area contributed by atoms with Gasteiger partial charge in [-0.3, -0.25) is 10.1 Å². The van der Waals surface area contributed by atoms with E-state index in [4.69, 9.17) is 4.74 Å². The van der Waals surface area contributed by atoms with E-state index in [0.29, 0.717) is 24.3 Å². The Kier molecular flexibility index (Phi) is 7.19. The molecule has 1 aliphatic heterocycles. The third-order valence-corrected chi connectivity index (χ3v) is 4.38. The van der Waals surface area contributed by atoms with Crippen molar-refractivity contribution < 1.29 is 24.0 Å². The third kappa shape index (κ3) is 6.48. The Labute approximate surface area is 169 Å². The van der Waals surface area contributed by atoms with Gasteiger partial charge < -0.3 is 19.7 Å². The molecule has 1 aromatic carbocycles. The minimum Gasteiger partial charge on any atom is -0.466 e. The second-order valence-electron chi connectivity index (χ2n) is 7.73. The summed E-state index contributed by atoms with van der Waals surface area (Å²) in [6, 6.07) is 4.72. The Morgan fingerprint density at radius 2 is 2.10 bits per heavy atom. The molecule has 1 N–H and O–H groups in total. The van der Waals surface area contributed by atoms with Crippen molar-refractivity contribution in [2.24, 2.45) is 0 Å². The fraction of sp³-hybridized carbons (Fsp3) is 0.500. The first-order valence-electron chi connectivity index (χ1n) is 9.38. The molecular formula is C20H27N3O6. The van der Waals surface area contributed by atoms with Gasteiger partial charge in [0.15, 0.2) is 0 Å². The molecule has 0 spiro atoms.